The maximum absolute atomic E-state index is 13.7. The van der Waals surface area contributed by atoms with Gasteiger partial charge in [-0.05, 0) is 23.6 Å². The van der Waals surface area contributed by atoms with E-state index in [-0.39, 0.29) is 17.9 Å². The number of hydrogen-bond donors (Lipinski definition) is 0. The van der Waals surface area contributed by atoms with Crippen LogP contribution in [-0.4, -0.2) is 67.5 Å². The molecule has 3 heterocycles. The summed E-state index contributed by atoms with van der Waals surface area (Å²) >= 11 is 1.54. The molecule has 0 radical (unpaired) electrons. The van der Waals surface area contributed by atoms with Gasteiger partial charge in [0.25, 0.3) is 5.91 Å². The summed E-state index contributed by atoms with van der Waals surface area (Å²) < 4.78 is 7.18. The molecule has 0 N–H and O–H groups in total. The van der Waals surface area contributed by atoms with E-state index in [2.05, 4.69) is 29.2 Å². The maximum Gasteiger partial charge on any atom is 0.264 e. The van der Waals surface area contributed by atoms with Crippen LogP contribution >= 0.6 is 11.3 Å². The van der Waals surface area contributed by atoms with E-state index < -0.39 is 0 Å². The minimum Gasteiger partial charge on any atom is -0.370 e. The first-order valence-electron chi connectivity index (χ1n) is 11.1. The first kappa shape index (κ1) is 21.0. The van der Waals surface area contributed by atoms with Gasteiger partial charge < -0.3 is 19.4 Å². The smallest absolute Gasteiger partial charge is 0.264 e. The number of hydrogen-bond acceptors (Lipinski definition) is 5. The van der Waals surface area contributed by atoms with Crippen molar-refractivity contribution in [3.63, 3.8) is 0 Å². The highest BCUT2D eigenvalue weighted by atomic mass is 32.1. The number of ether oxygens (including phenoxy) is 1. The number of para-hydroxylation sites is 1. The fourth-order valence-corrected chi connectivity index (χ4v) is 5.83. The highest BCUT2D eigenvalue weighted by Gasteiger charge is 2.33. The molecule has 0 spiro atoms. The van der Waals surface area contributed by atoms with Crippen LogP contribution in [0, 0.1) is 0 Å². The van der Waals surface area contributed by atoms with Crippen molar-refractivity contribution in [2.45, 2.75) is 13.0 Å². The lowest BCUT2D eigenvalue weighted by Crippen LogP contribution is -2.49. The van der Waals surface area contributed by atoms with E-state index in [1.54, 1.807) is 6.92 Å². The Kier molecular flexibility index (Phi) is 5.85. The van der Waals surface area contributed by atoms with Gasteiger partial charge in [-0.3, -0.25) is 9.59 Å². The summed E-state index contributed by atoms with van der Waals surface area (Å²) in [4.78, 5) is 32.5. The van der Waals surface area contributed by atoms with E-state index in [1.165, 1.54) is 17.0 Å². The van der Waals surface area contributed by atoms with Crippen molar-refractivity contribution in [3.8, 4) is 0 Å². The number of benzene rings is 2. The van der Waals surface area contributed by atoms with Crippen LogP contribution in [0.3, 0.4) is 0 Å². The molecular weight excluding hydrogens is 422 g/mol. The third-order valence-electron chi connectivity index (χ3n) is 6.35. The molecule has 166 valence electrons. The van der Waals surface area contributed by atoms with Gasteiger partial charge in [0.05, 0.1) is 18.0 Å². The third-order valence-corrected chi connectivity index (χ3v) is 7.52. The van der Waals surface area contributed by atoms with Crippen molar-refractivity contribution < 1.29 is 14.3 Å². The quantitative estimate of drug-likeness (QED) is 0.611. The van der Waals surface area contributed by atoms with Crippen LogP contribution < -0.4 is 4.90 Å². The number of carbonyl (C=O) groups is 2. The molecule has 1 aromatic heterocycles. The summed E-state index contributed by atoms with van der Waals surface area (Å²) in [5, 5.41) is 1.05. The summed E-state index contributed by atoms with van der Waals surface area (Å²) in [6.07, 6.45) is -0.284. The number of morpholine rings is 1. The zero-order valence-electron chi connectivity index (χ0n) is 18.2. The molecule has 0 bridgehead atoms. The Balaban J connectivity index is 1.41. The molecule has 2 aromatic carbocycles. The standard InChI is InChI=1S/C25H27N3O3S/c1-18(29)28-15-16-31-21(17-28)23-20-9-5-6-10-22(20)32-24(23)25(30)27-13-11-26(12-14-27)19-7-3-2-4-8-19/h2-10,21H,11-17H2,1H3/t21-/m0/s1. The number of nitrogens with zero attached hydrogens (tertiary/aromatic N) is 3. The van der Waals surface area contributed by atoms with Gasteiger partial charge in [-0.15, -0.1) is 11.3 Å². The average Bonchev–Trinajstić information content (AvgIpc) is 3.24. The molecule has 0 saturated carbocycles. The number of anilines is 1. The van der Waals surface area contributed by atoms with E-state index in [1.807, 2.05) is 40.1 Å². The van der Waals surface area contributed by atoms with Gasteiger partial charge in [-0.25, -0.2) is 0 Å². The lowest BCUT2D eigenvalue weighted by molar-refractivity contribution is -0.136. The van der Waals surface area contributed by atoms with Crippen LogP contribution in [-0.2, 0) is 9.53 Å². The van der Waals surface area contributed by atoms with E-state index in [4.69, 9.17) is 4.74 Å². The molecule has 1 atom stereocenters. The van der Waals surface area contributed by atoms with Crippen LogP contribution in [0.15, 0.2) is 54.6 Å². The number of rotatable bonds is 3. The van der Waals surface area contributed by atoms with Crippen molar-refractivity contribution in [1.82, 2.24) is 9.80 Å². The van der Waals surface area contributed by atoms with Gasteiger partial charge in [0.2, 0.25) is 5.91 Å². The predicted octanol–water partition coefficient (Wildman–Crippen LogP) is 3.78. The van der Waals surface area contributed by atoms with Crippen molar-refractivity contribution in [2.24, 2.45) is 0 Å². The summed E-state index contributed by atoms with van der Waals surface area (Å²) in [7, 11) is 0. The second kappa shape index (κ2) is 8.92. The molecule has 7 heteroatoms. The summed E-state index contributed by atoms with van der Waals surface area (Å²) in [5.74, 6) is 0.111. The highest BCUT2D eigenvalue weighted by Crippen LogP contribution is 2.39. The Hall–Kier alpha value is -2.90. The molecule has 2 saturated heterocycles. The zero-order valence-corrected chi connectivity index (χ0v) is 19.0. The summed E-state index contributed by atoms with van der Waals surface area (Å²) in [6.45, 7) is 6.15. The van der Waals surface area contributed by atoms with Gasteiger partial charge in [-0.2, -0.15) is 0 Å². The van der Waals surface area contributed by atoms with Crippen molar-refractivity contribution in [1.29, 1.82) is 0 Å². The Morgan fingerprint density at radius 1 is 0.906 bits per heavy atom. The van der Waals surface area contributed by atoms with E-state index in [0.29, 0.717) is 32.8 Å². The summed E-state index contributed by atoms with van der Waals surface area (Å²) in [5.41, 5.74) is 2.13. The molecule has 0 aliphatic carbocycles. The molecule has 3 aromatic rings. The van der Waals surface area contributed by atoms with Gasteiger partial charge in [0.15, 0.2) is 0 Å². The van der Waals surface area contributed by atoms with Crippen molar-refractivity contribution in [3.05, 3.63) is 65.0 Å². The molecule has 2 amide bonds. The highest BCUT2D eigenvalue weighted by molar-refractivity contribution is 7.21. The predicted molar refractivity (Wildman–Crippen MR) is 127 cm³/mol. The minimum absolute atomic E-state index is 0.0442. The van der Waals surface area contributed by atoms with E-state index >= 15 is 0 Å². The molecule has 6 nitrogen and oxygen atoms in total. The maximum atomic E-state index is 13.7. The van der Waals surface area contributed by atoms with Crippen LogP contribution in [0.5, 0.6) is 0 Å². The van der Waals surface area contributed by atoms with Crippen LogP contribution in [0.4, 0.5) is 5.69 Å². The lowest BCUT2D eigenvalue weighted by atomic mass is 10.0. The largest absolute Gasteiger partial charge is 0.370 e. The van der Waals surface area contributed by atoms with Gasteiger partial charge in [-0.1, -0.05) is 36.4 Å². The van der Waals surface area contributed by atoms with Crippen LogP contribution in [0.2, 0.25) is 0 Å². The Morgan fingerprint density at radius 3 is 2.38 bits per heavy atom. The third kappa shape index (κ3) is 3.98. The number of thiophene rings is 1. The van der Waals surface area contributed by atoms with Crippen molar-refractivity contribution >= 4 is 38.9 Å². The first-order valence-corrected chi connectivity index (χ1v) is 11.9. The molecular formula is C25H27N3O3S. The van der Waals surface area contributed by atoms with E-state index in [0.717, 1.165) is 33.6 Å². The molecule has 5 rings (SSSR count). The van der Waals surface area contributed by atoms with Crippen LogP contribution in [0.1, 0.15) is 28.3 Å². The molecule has 2 fully saturated rings. The second-order valence-corrected chi connectivity index (χ2v) is 9.33. The molecule has 0 unspecified atom stereocenters. The molecule has 32 heavy (non-hydrogen) atoms. The van der Waals surface area contributed by atoms with Crippen molar-refractivity contribution in [2.75, 3.05) is 50.8 Å². The van der Waals surface area contributed by atoms with Gasteiger partial charge in [0.1, 0.15) is 6.10 Å². The first-order chi connectivity index (χ1) is 15.6. The van der Waals surface area contributed by atoms with Gasteiger partial charge >= 0.3 is 0 Å². The molecule has 2 aliphatic rings. The average molecular weight is 450 g/mol. The fraction of sp³-hybridized carbons (Fsp3) is 0.360. The SMILES string of the molecule is CC(=O)N1CCO[C@H](c2c(C(=O)N3CCN(c4ccccc4)CC3)sc3ccccc23)C1. The van der Waals surface area contributed by atoms with Crippen LogP contribution in [0.25, 0.3) is 10.1 Å². The second-order valence-electron chi connectivity index (χ2n) is 8.28. The minimum atomic E-state index is -0.284. The Bertz CT molecular complexity index is 1120. The number of fused-ring (bicyclic) bond motifs is 1. The number of amides is 2. The fourth-order valence-electron chi connectivity index (χ4n) is 4.60. The number of carbonyl (C=O) groups excluding carboxylic acids is 2. The summed E-state index contributed by atoms with van der Waals surface area (Å²) in [6, 6.07) is 18.4. The normalized spacial score (nSPS) is 19.4. The monoisotopic (exact) mass is 449 g/mol. The number of piperazine rings is 1. The van der Waals surface area contributed by atoms with E-state index in [9.17, 15) is 9.59 Å². The Labute approximate surface area is 192 Å². The topological polar surface area (TPSA) is 53.1 Å². The molecule has 2 aliphatic heterocycles. The zero-order chi connectivity index (χ0) is 22.1. The Morgan fingerprint density at radius 2 is 1.62 bits per heavy atom. The lowest BCUT2D eigenvalue weighted by Gasteiger charge is -2.36. The van der Waals surface area contributed by atoms with Gasteiger partial charge in [0, 0.05) is 55.6 Å².